The summed E-state index contributed by atoms with van der Waals surface area (Å²) in [5, 5.41) is 9.47. The number of nitrogens with one attached hydrogen (secondary N) is 1. The standard InChI is InChI=1S/C13H20BrNO4S/c1-4-13(5-2,9-16)15-20(17,18)10-6-7-12(19-3)11(14)8-10/h6-8,15-16H,4-5,9H2,1-3H3. The van der Waals surface area contributed by atoms with Crippen molar-refractivity contribution in [3.63, 3.8) is 0 Å². The highest BCUT2D eigenvalue weighted by atomic mass is 79.9. The van der Waals surface area contributed by atoms with Crippen LogP contribution in [0.5, 0.6) is 5.75 Å². The highest BCUT2D eigenvalue weighted by Gasteiger charge is 2.31. The minimum Gasteiger partial charge on any atom is -0.496 e. The summed E-state index contributed by atoms with van der Waals surface area (Å²) in [7, 11) is -2.19. The molecule has 0 heterocycles. The van der Waals surface area contributed by atoms with Gasteiger partial charge in [-0.3, -0.25) is 0 Å². The van der Waals surface area contributed by atoms with Gasteiger partial charge in [0, 0.05) is 0 Å². The van der Waals surface area contributed by atoms with E-state index in [2.05, 4.69) is 20.7 Å². The summed E-state index contributed by atoms with van der Waals surface area (Å²) in [6.07, 6.45) is 1.02. The van der Waals surface area contributed by atoms with Crippen molar-refractivity contribution in [1.29, 1.82) is 0 Å². The molecule has 1 aromatic rings. The first-order chi connectivity index (χ1) is 9.34. The molecule has 2 N–H and O–H groups in total. The molecule has 1 aromatic carbocycles. The summed E-state index contributed by atoms with van der Waals surface area (Å²) in [5.41, 5.74) is -0.828. The van der Waals surface area contributed by atoms with Gasteiger partial charge in [-0.25, -0.2) is 13.1 Å². The number of rotatable bonds is 7. The summed E-state index contributed by atoms with van der Waals surface area (Å²) < 4.78 is 33.0. The van der Waals surface area contributed by atoms with Crippen LogP contribution in [0.4, 0.5) is 0 Å². The molecule has 0 fully saturated rings. The predicted molar refractivity (Wildman–Crippen MR) is 81.4 cm³/mol. The Morgan fingerprint density at radius 2 is 1.95 bits per heavy atom. The van der Waals surface area contributed by atoms with Gasteiger partial charge in [0.2, 0.25) is 10.0 Å². The molecule has 114 valence electrons. The molecule has 0 bridgehead atoms. The van der Waals surface area contributed by atoms with Crippen LogP contribution in [0, 0.1) is 0 Å². The van der Waals surface area contributed by atoms with Gasteiger partial charge in [-0.15, -0.1) is 0 Å². The Hall–Kier alpha value is -0.630. The van der Waals surface area contributed by atoms with Crippen LogP contribution in [-0.4, -0.2) is 32.8 Å². The van der Waals surface area contributed by atoms with E-state index in [9.17, 15) is 13.5 Å². The zero-order valence-corrected chi connectivity index (χ0v) is 14.2. The average Bonchev–Trinajstić information content (AvgIpc) is 2.44. The number of sulfonamides is 1. The van der Waals surface area contributed by atoms with Crippen LogP contribution in [0.2, 0.25) is 0 Å². The fourth-order valence-corrected chi connectivity index (χ4v) is 4.06. The SMILES string of the molecule is CCC(CC)(CO)NS(=O)(=O)c1ccc(OC)c(Br)c1. The molecular weight excluding hydrogens is 346 g/mol. The minimum absolute atomic E-state index is 0.130. The largest absolute Gasteiger partial charge is 0.496 e. The molecule has 0 aliphatic heterocycles. The highest BCUT2D eigenvalue weighted by molar-refractivity contribution is 9.10. The minimum atomic E-state index is -3.70. The van der Waals surface area contributed by atoms with E-state index in [1.165, 1.54) is 19.2 Å². The first kappa shape index (κ1) is 17.4. The molecule has 0 unspecified atom stereocenters. The van der Waals surface area contributed by atoms with E-state index in [1.807, 2.05) is 13.8 Å². The van der Waals surface area contributed by atoms with Crippen LogP contribution >= 0.6 is 15.9 Å². The van der Waals surface area contributed by atoms with Crippen LogP contribution in [0.1, 0.15) is 26.7 Å². The fraction of sp³-hybridized carbons (Fsp3) is 0.538. The smallest absolute Gasteiger partial charge is 0.241 e. The molecule has 5 nitrogen and oxygen atoms in total. The van der Waals surface area contributed by atoms with Gasteiger partial charge in [0.15, 0.2) is 0 Å². The lowest BCUT2D eigenvalue weighted by Gasteiger charge is -2.30. The second-order valence-corrected chi connectivity index (χ2v) is 7.08. The van der Waals surface area contributed by atoms with E-state index in [1.54, 1.807) is 6.07 Å². The molecular formula is C13H20BrNO4S. The third kappa shape index (κ3) is 3.72. The van der Waals surface area contributed by atoms with E-state index in [0.29, 0.717) is 23.1 Å². The molecule has 0 aliphatic carbocycles. The number of aliphatic hydroxyl groups excluding tert-OH is 1. The zero-order chi connectivity index (χ0) is 15.4. The van der Waals surface area contributed by atoms with Gasteiger partial charge in [0.1, 0.15) is 5.75 Å². The normalized spacial score (nSPS) is 12.4. The monoisotopic (exact) mass is 365 g/mol. The van der Waals surface area contributed by atoms with Gasteiger partial charge in [0.25, 0.3) is 0 Å². The van der Waals surface area contributed by atoms with Crippen molar-refractivity contribution in [2.45, 2.75) is 37.1 Å². The Labute approximate surface area is 128 Å². The van der Waals surface area contributed by atoms with Crippen molar-refractivity contribution in [1.82, 2.24) is 4.72 Å². The number of benzene rings is 1. The van der Waals surface area contributed by atoms with Crippen molar-refractivity contribution in [2.75, 3.05) is 13.7 Å². The van der Waals surface area contributed by atoms with E-state index >= 15 is 0 Å². The van der Waals surface area contributed by atoms with Gasteiger partial charge >= 0.3 is 0 Å². The van der Waals surface area contributed by atoms with Gasteiger partial charge in [0.05, 0.1) is 28.6 Å². The van der Waals surface area contributed by atoms with E-state index in [4.69, 9.17) is 4.74 Å². The first-order valence-corrected chi connectivity index (χ1v) is 8.60. The van der Waals surface area contributed by atoms with Crippen LogP contribution in [0.15, 0.2) is 27.6 Å². The summed E-state index contributed by atoms with van der Waals surface area (Å²) >= 11 is 3.26. The number of hydrogen-bond acceptors (Lipinski definition) is 4. The van der Waals surface area contributed by atoms with Crippen LogP contribution in [0.25, 0.3) is 0 Å². The van der Waals surface area contributed by atoms with E-state index in [-0.39, 0.29) is 11.5 Å². The first-order valence-electron chi connectivity index (χ1n) is 6.32. The highest BCUT2D eigenvalue weighted by Crippen LogP contribution is 2.28. The maximum Gasteiger partial charge on any atom is 0.241 e. The molecule has 0 spiro atoms. The maximum absolute atomic E-state index is 12.4. The second-order valence-electron chi connectivity index (χ2n) is 4.55. The van der Waals surface area contributed by atoms with Crippen LogP contribution in [0.3, 0.4) is 0 Å². The Kier molecular flexibility index (Phi) is 6.00. The molecule has 0 aliphatic rings. The second kappa shape index (κ2) is 6.89. The van der Waals surface area contributed by atoms with Crippen molar-refractivity contribution in [3.05, 3.63) is 22.7 Å². The van der Waals surface area contributed by atoms with Gasteiger partial charge in [-0.05, 0) is 47.0 Å². The van der Waals surface area contributed by atoms with Gasteiger partial charge in [-0.2, -0.15) is 0 Å². The molecule has 0 aromatic heterocycles. The number of aliphatic hydroxyl groups is 1. The predicted octanol–water partition coefficient (Wildman–Crippen LogP) is 2.29. The van der Waals surface area contributed by atoms with Crippen molar-refractivity contribution in [2.24, 2.45) is 0 Å². The lowest BCUT2D eigenvalue weighted by molar-refractivity contribution is 0.172. The fourth-order valence-electron chi connectivity index (χ4n) is 1.81. The molecule has 0 radical (unpaired) electrons. The summed E-state index contributed by atoms with van der Waals surface area (Å²) in [4.78, 5) is 0.130. The molecule has 0 atom stereocenters. The van der Waals surface area contributed by atoms with Crippen molar-refractivity contribution >= 4 is 26.0 Å². The quantitative estimate of drug-likeness (QED) is 0.777. The summed E-state index contributed by atoms with van der Waals surface area (Å²) in [6, 6.07) is 4.53. The Morgan fingerprint density at radius 1 is 1.35 bits per heavy atom. The lowest BCUT2D eigenvalue weighted by Crippen LogP contribution is -2.50. The molecule has 1 rings (SSSR count). The summed E-state index contributed by atoms with van der Waals surface area (Å²) in [5.74, 6) is 0.559. The Balaban J connectivity index is 3.14. The third-order valence-electron chi connectivity index (χ3n) is 3.44. The van der Waals surface area contributed by atoms with Crippen LogP contribution in [-0.2, 0) is 10.0 Å². The number of methoxy groups -OCH3 is 1. The molecule has 0 saturated heterocycles. The van der Waals surface area contributed by atoms with Crippen LogP contribution < -0.4 is 9.46 Å². The number of halogens is 1. The van der Waals surface area contributed by atoms with Gasteiger partial charge in [-0.1, -0.05) is 13.8 Å². The van der Waals surface area contributed by atoms with Crippen molar-refractivity contribution in [3.8, 4) is 5.75 Å². The van der Waals surface area contributed by atoms with Crippen molar-refractivity contribution < 1.29 is 18.3 Å². The molecule has 20 heavy (non-hydrogen) atoms. The van der Waals surface area contributed by atoms with Gasteiger partial charge < -0.3 is 9.84 Å². The average molecular weight is 366 g/mol. The van der Waals surface area contributed by atoms with E-state index < -0.39 is 15.6 Å². The Morgan fingerprint density at radius 3 is 2.35 bits per heavy atom. The third-order valence-corrected chi connectivity index (χ3v) is 5.64. The topological polar surface area (TPSA) is 75.6 Å². The molecule has 0 amide bonds. The van der Waals surface area contributed by atoms with E-state index in [0.717, 1.165) is 0 Å². The molecule has 0 saturated carbocycles. The number of hydrogen-bond donors (Lipinski definition) is 2. The number of ether oxygens (including phenoxy) is 1. The lowest BCUT2D eigenvalue weighted by atomic mass is 9.96. The Bertz CT molecular complexity index is 547. The summed E-state index contributed by atoms with van der Waals surface area (Å²) in [6.45, 7) is 3.44. The maximum atomic E-state index is 12.4. The zero-order valence-electron chi connectivity index (χ0n) is 11.8. The molecule has 7 heteroatoms.